The van der Waals surface area contributed by atoms with Crippen LogP contribution in [0.4, 0.5) is 0 Å². The molecule has 7 atom stereocenters. The van der Waals surface area contributed by atoms with E-state index in [4.69, 9.17) is 0 Å². The highest BCUT2D eigenvalue weighted by atomic mass is 32.2. The van der Waals surface area contributed by atoms with Gasteiger partial charge in [0, 0.05) is 16.0 Å². The number of aromatic amines is 1. The number of carbonyl (C=O) groups is 3. The van der Waals surface area contributed by atoms with Crippen LogP contribution in [-0.2, 0) is 14.4 Å². The molecule has 0 radical (unpaired) electrons. The van der Waals surface area contributed by atoms with E-state index >= 15 is 0 Å². The van der Waals surface area contributed by atoms with Gasteiger partial charge in [0.15, 0.2) is 0 Å². The Morgan fingerprint density at radius 3 is 2.58 bits per heavy atom. The zero-order valence-corrected chi connectivity index (χ0v) is 18.2. The first kappa shape index (κ1) is 19.3. The highest BCUT2D eigenvalue weighted by Crippen LogP contribution is 2.68. The Bertz CT molecular complexity index is 1200. The van der Waals surface area contributed by atoms with Crippen molar-refractivity contribution in [3.05, 3.63) is 49.9 Å². The lowest BCUT2D eigenvalue weighted by Crippen LogP contribution is -2.42. The third-order valence-corrected chi connectivity index (χ3v) is 10.2. The normalized spacial score (nSPS) is 35.3. The minimum absolute atomic E-state index is 0.00113. The van der Waals surface area contributed by atoms with Crippen LogP contribution in [0, 0.1) is 36.5 Å². The Hall–Kier alpha value is -2.39. The Labute approximate surface area is 185 Å². The van der Waals surface area contributed by atoms with E-state index in [1.165, 1.54) is 11.3 Å². The second-order valence-corrected chi connectivity index (χ2v) is 11.2. The predicted octanol–water partition coefficient (Wildman–Crippen LogP) is 2.30. The number of thiazole rings is 1. The number of benzene rings is 1. The molecule has 6 unspecified atom stereocenters. The number of aromatic nitrogens is 1. The van der Waals surface area contributed by atoms with Crippen LogP contribution in [0.1, 0.15) is 28.3 Å². The molecule has 1 saturated heterocycles. The lowest BCUT2D eigenvalue weighted by Gasteiger charge is -2.43. The van der Waals surface area contributed by atoms with Gasteiger partial charge in [-0.05, 0) is 42.2 Å². The number of carbonyl (C=O) groups excluding carboxylic acids is 2. The number of aryl methyl sites for hydroxylation is 1. The minimum atomic E-state index is -1.17. The van der Waals surface area contributed by atoms with Crippen LogP contribution in [0.3, 0.4) is 0 Å². The Balaban J connectivity index is 1.47. The van der Waals surface area contributed by atoms with E-state index in [1.807, 2.05) is 12.1 Å². The molecule has 9 heteroatoms. The quantitative estimate of drug-likeness (QED) is 0.687. The first-order valence-electron chi connectivity index (χ1n) is 10.4. The number of fused-ring (bicyclic) bond motifs is 9. The molecule has 1 aromatic heterocycles. The molecule has 2 aliphatic carbocycles. The van der Waals surface area contributed by atoms with Gasteiger partial charge < -0.3 is 10.1 Å². The van der Waals surface area contributed by atoms with Crippen LogP contribution in [-0.4, -0.2) is 44.6 Å². The van der Waals surface area contributed by atoms with Crippen LogP contribution in [0.25, 0.3) is 0 Å². The average Bonchev–Trinajstić information content (AvgIpc) is 3.44. The number of rotatable bonds is 3. The van der Waals surface area contributed by atoms with Gasteiger partial charge in [-0.2, -0.15) is 0 Å². The molecule has 3 heterocycles. The summed E-state index contributed by atoms with van der Waals surface area (Å²) in [6.45, 7) is 1.50. The summed E-state index contributed by atoms with van der Waals surface area (Å²) in [4.78, 5) is 54.5. The lowest BCUT2D eigenvalue weighted by atomic mass is 9.67. The van der Waals surface area contributed by atoms with Crippen LogP contribution in [0.2, 0.25) is 0 Å². The number of hydrogen-bond acceptors (Lipinski definition) is 6. The Morgan fingerprint density at radius 2 is 1.87 bits per heavy atom. The second kappa shape index (κ2) is 6.56. The lowest BCUT2D eigenvalue weighted by molar-refractivity contribution is -0.149. The van der Waals surface area contributed by atoms with Crippen molar-refractivity contribution in [3.63, 3.8) is 0 Å². The van der Waals surface area contributed by atoms with Gasteiger partial charge in [0.25, 0.3) is 0 Å². The standard InChI is InChI=1S/C22H20N2O5S2/c1-8-4-2-3-5-9(8)13-14-10-6-11(17(14)30-19-18(13)31-22(29)23-19)16-15(10)20(27)24(21(16)28)7-12(25)26/h2-5,10-11,13-17H,6-7H2,1H3,(H,23,29)(H,25,26)/t10?,11?,13?,14-,15?,16?,17?/m0/s1. The number of carboxylic acids is 1. The summed E-state index contributed by atoms with van der Waals surface area (Å²) in [6, 6.07) is 8.16. The van der Waals surface area contributed by atoms with Crippen molar-refractivity contribution in [3.8, 4) is 0 Å². The predicted molar refractivity (Wildman–Crippen MR) is 114 cm³/mol. The van der Waals surface area contributed by atoms with Gasteiger partial charge in [-0.3, -0.25) is 24.1 Å². The molecule has 31 heavy (non-hydrogen) atoms. The van der Waals surface area contributed by atoms with Gasteiger partial charge in [0.05, 0.1) is 16.9 Å². The van der Waals surface area contributed by atoms with Gasteiger partial charge >= 0.3 is 10.8 Å². The average molecular weight is 457 g/mol. The molecule has 0 spiro atoms. The molecule has 2 N–H and O–H groups in total. The monoisotopic (exact) mass is 456 g/mol. The number of H-pyrrole nitrogens is 1. The van der Waals surface area contributed by atoms with Gasteiger partial charge in [0.1, 0.15) is 6.54 Å². The molecule has 2 amide bonds. The number of amides is 2. The molecule has 2 aromatic rings. The topological polar surface area (TPSA) is 108 Å². The summed E-state index contributed by atoms with van der Waals surface area (Å²) >= 11 is 2.88. The van der Waals surface area contributed by atoms with Gasteiger partial charge in [-0.15, -0.1) is 11.8 Å². The smallest absolute Gasteiger partial charge is 0.323 e. The third-order valence-electron chi connectivity index (χ3n) is 7.63. The summed E-state index contributed by atoms with van der Waals surface area (Å²) in [5, 5.41) is 10.2. The molecule has 2 bridgehead atoms. The molecule has 160 valence electrons. The van der Waals surface area contributed by atoms with Gasteiger partial charge in [-0.1, -0.05) is 35.6 Å². The molecular formula is C22H20N2O5S2. The van der Waals surface area contributed by atoms with E-state index in [0.717, 1.165) is 32.4 Å². The van der Waals surface area contributed by atoms with Gasteiger partial charge in [0.2, 0.25) is 11.8 Å². The molecule has 2 aliphatic heterocycles. The SMILES string of the molecule is Cc1ccccc1C1c2sc(=O)[nH]c2SC2C3CC(C4C(=O)N(CC(=O)O)C(=O)C34)[C@@H]12. The zero-order chi connectivity index (χ0) is 21.6. The van der Waals surface area contributed by atoms with Crippen LogP contribution < -0.4 is 4.87 Å². The van der Waals surface area contributed by atoms with Crippen LogP contribution >= 0.6 is 23.1 Å². The summed E-state index contributed by atoms with van der Waals surface area (Å²) in [5.74, 6) is -2.54. The third kappa shape index (κ3) is 2.53. The van der Waals surface area contributed by atoms with E-state index in [9.17, 15) is 24.3 Å². The molecule has 3 fully saturated rings. The van der Waals surface area contributed by atoms with E-state index in [2.05, 4.69) is 24.0 Å². The van der Waals surface area contributed by atoms with E-state index in [0.29, 0.717) is 0 Å². The van der Waals surface area contributed by atoms with Crippen molar-refractivity contribution >= 4 is 40.9 Å². The van der Waals surface area contributed by atoms with Crippen molar-refractivity contribution in [2.75, 3.05) is 6.54 Å². The van der Waals surface area contributed by atoms with Crippen molar-refractivity contribution < 1.29 is 19.5 Å². The minimum Gasteiger partial charge on any atom is -0.480 e. The maximum Gasteiger partial charge on any atom is 0.323 e. The number of nitrogens with one attached hydrogen (secondary N) is 1. The molecule has 6 rings (SSSR count). The van der Waals surface area contributed by atoms with Crippen molar-refractivity contribution in [2.45, 2.75) is 29.5 Å². The molecule has 4 aliphatic rings. The summed E-state index contributed by atoms with van der Waals surface area (Å²) in [7, 11) is 0. The molecule has 7 nitrogen and oxygen atoms in total. The fourth-order valence-corrected chi connectivity index (χ4v) is 9.53. The van der Waals surface area contributed by atoms with Crippen molar-refractivity contribution in [1.29, 1.82) is 0 Å². The number of nitrogens with zero attached hydrogens (tertiary/aromatic N) is 1. The Kier molecular flexibility index (Phi) is 4.08. The Morgan fingerprint density at radius 1 is 1.16 bits per heavy atom. The first-order valence-corrected chi connectivity index (χ1v) is 12.1. The number of carboxylic acid groups (broad SMARTS) is 1. The molecular weight excluding hydrogens is 436 g/mol. The summed E-state index contributed by atoms with van der Waals surface area (Å²) in [6.07, 6.45) is 0.803. The largest absolute Gasteiger partial charge is 0.480 e. The van der Waals surface area contributed by atoms with Crippen molar-refractivity contribution in [2.24, 2.45) is 29.6 Å². The number of aliphatic carboxylic acids is 1. The first-order chi connectivity index (χ1) is 14.9. The fraction of sp³-hybridized carbons (Fsp3) is 0.455. The number of likely N-dealkylation sites (tertiary alicyclic amines) is 1. The van der Waals surface area contributed by atoms with E-state index in [-0.39, 0.29) is 45.6 Å². The van der Waals surface area contributed by atoms with Crippen molar-refractivity contribution in [1.82, 2.24) is 9.88 Å². The molecule has 2 saturated carbocycles. The van der Waals surface area contributed by atoms with Gasteiger partial charge in [-0.25, -0.2) is 0 Å². The maximum atomic E-state index is 13.1. The number of hydrogen-bond donors (Lipinski definition) is 2. The second-order valence-electron chi connectivity index (χ2n) is 8.97. The highest BCUT2D eigenvalue weighted by molar-refractivity contribution is 8.00. The van der Waals surface area contributed by atoms with E-state index in [1.54, 1.807) is 11.8 Å². The highest BCUT2D eigenvalue weighted by Gasteiger charge is 2.69. The summed E-state index contributed by atoms with van der Waals surface area (Å²) in [5.41, 5.74) is 2.31. The van der Waals surface area contributed by atoms with Crippen LogP contribution in [0.15, 0.2) is 34.1 Å². The maximum absolute atomic E-state index is 13.1. The fourth-order valence-electron chi connectivity index (χ4n) is 6.65. The number of imide groups is 1. The van der Waals surface area contributed by atoms with Crippen LogP contribution in [0.5, 0.6) is 0 Å². The zero-order valence-electron chi connectivity index (χ0n) is 16.6. The van der Waals surface area contributed by atoms with E-state index < -0.39 is 24.3 Å². The number of thioether (sulfide) groups is 1. The molecule has 1 aromatic carbocycles. The summed E-state index contributed by atoms with van der Waals surface area (Å²) < 4.78 is 0.